The summed E-state index contributed by atoms with van der Waals surface area (Å²) in [6, 6.07) is 3.32. The molecule has 0 saturated heterocycles. The molecule has 0 atom stereocenters. The Bertz CT molecular complexity index is 965. The zero-order chi connectivity index (χ0) is 17.6. The van der Waals surface area contributed by atoms with Gasteiger partial charge < -0.3 is 9.47 Å². The average Bonchev–Trinajstić information content (AvgIpc) is 2.55. The molecule has 0 amide bonds. The van der Waals surface area contributed by atoms with Crippen LogP contribution in [0.2, 0.25) is 0 Å². The molecule has 0 fully saturated rings. The first-order chi connectivity index (χ1) is 11.3. The van der Waals surface area contributed by atoms with E-state index in [1.165, 1.54) is 20.3 Å². The van der Waals surface area contributed by atoms with Gasteiger partial charge in [-0.25, -0.2) is 4.98 Å². The number of rotatable bonds is 2. The predicted molar refractivity (Wildman–Crippen MR) is 85.4 cm³/mol. The lowest BCUT2D eigenvalue weighted by Gasteiger charge is -2.16. The van der Waals surface area contributed by atoms with Crippen molar-refractivity contribution in [2.75, 3.05) is 14.2 Å². The first kappa shape index (κ1) is 16.5. The van der Waals surface area contributed by atoms with E-state index in [0.717, 1.165) is 23.5 Å². The van der Waals surface area contributed by atoms with E-state index in [-0.39, 0.29) is 16.9 Å². The van der Waals surface area contributed by atoms with Crippen molar-refractivity contribution in [3.8, 4) is 22.1 Å². The number of hydrogen-bond donors (Lipinski definition) is 0. The standard InChI is InChI=1S/C16H12F3NO3S/c1-7-12(21)14(23-3)13(22-2)11-15(7)24-10-6-8(16(17,18)19)4-5-9(10)20-11/h4-6H,1-3H3. The minimum Gasteiger partial charge on any atom is -0.491 e. The molecule has 1 heterocycles. The number of ether oxygens (including phenoxy) is 2. The Hall–Kier alpha value is -2.35. The number of halogens is 3. The fourth-order valence-corrected chi connectivity index (χ4v) is 3.57. The Kier molecular flexibility index (Phi) is 3.87. The summed E-state index contributed by atoms with van der Waals surface area (Å²) >= 11 is 1.07. The monoisotopic (exact) mass is 355 g/mol. The van der Waals surface area contributed by atoms with Gasteiger partial charge in [0, 0.05) is 5.56 Å². The second kappa shape index (κ2) is 5.62. The van der Waals surface area contributed by atoms with Crippen molar-refractivity contribution in [2.24, 2.45) is 0 Å². The molecule has 126 valence electrons. The summed E-state index contributed by atoms with van der Waals surface area (Å²) in [4.78, 5) is 17.2. The topological polar surface area (TPSA) is 48.4 Å². The normalized spacial score (nSPS) is 11.9. The first-order valence-corrected chi connectivity index (χ1v) is 7.66. The van der Waals surface area contributed by atoms with E-state index in [1.54, 1.807) is 6.92 Å². The Morgan fingerprint density at radius 2 is 1.79 bits per heavy atom. The van der Waals surface area contributed by atoms with Crippen LogP contribution in [-0.2, 0) is 6.18 Å². The van der Waals surface area contributed by atoms with Crippen LogP contribution in [0.15, 0.2) is 23.0 Å². The van der Waals surface area contributed by atoms with E-state index in [2.05, 4.69) is 4.98 Å². The molecule has 1 aromatic rings. The van der Waals surface area contributed by atoms with Gasteiger partial charge in [0.25, 0.3) is 0 Å². The molecule has 24 heavy (non-hydrogen) atoms. The van der Waals surface area contributed by atoms with Gasteiger partial charge in [-0.3, -0.25) is 4.79 Å². The zero-order valence-corrected chi connectivity index (χ0v) is 13.8. The van der Waals surface area contributed by atoms with Gasteiger partial charge in [-0.2, -0.15) is 13.2 Å². The maximum absolute atomic E-state index is 12.9. The van der Waals surface area contributed by atoms with E-state index < -0.39 is 11.7 Å². The van der Waals surface area contributed by atoms with Crippen LogP contribution in [0, 0.1) is 6.92 Å². The third kappa shape index (κ3) is 2.47. The van der Waals surface area contributed by atoms with E-state index >= 15 is 0 Å². The minimum atomic E-state index is -4.44. The summed E-state index contributed by atoms with van der Waals surface area (Å²) in [6.07, 6.45) is -4.44. The van der Waals surface area contributed by atoms with Crippen molar-refractivity contribution in [3.05, 3.63) is 39.5 Å². The zero-order valence-electron chi connectivity index (χ0n) is 12.9. The largest absolute Gasteiger partial charge is 0.491 e. The number of methoxy groups -OCH3 is 2. The van der Waals surface area contributed by atoms with Gasteiger partial charge in [-0.05, 0) is 25.1 Å². The number of aromatic nitrogens is 1. The Labute approximate surface area is 138 Å². The van der Waals surface area contributed by atoms with Crippen molar-refractivity contribution in [1.82, 2.24) is 4.98 Å². The van der Waals surface area contributed by atoms with Crippen LogP contribution in [0.1, 0.15) is 11.1 Å². The van der Waals surface area contributed by atoms with Gasteiger partial charge in [0.15, 0.2) is 5.75 Å². The van der Waals surface area contributed by atoms with Gasteiger partial charge in [0.05, 0.1) is 34.9 Å². The summed E-state index contributed by atoms with van der Waals surface area (Å²) < 4.78 is 49.4. The summed E-state index contributed by atoms with van der Waals surface area (Å²) in [5.74, 6) is 0.217. The second-order valence-corrected chi connectivity index (χ2v) is 6.14. The molecule has 8 heteroatoms. The molecular formula is C16H12F3NO3S. The van der Waals surface area contributed by atoms with Crippen molar-refractivity contribution in [2.45, 2.75) is 13.1 Å². The second-order valence-electron chi connectivity index (χ2n) is 5.09. The molecule has 1 aromatic carbocycles. The molecule has 1 aliphatic carbocycles. The molecule has 0 unspecified atom stereocenters. The van der Waals surface area contributed by atoms with Gasteiger partial charge in [0.2, 0.25) is 11.2 Å². The number of fused-ring (bicyclic) bond motifs is 2. The van der Waals surface area contributed by atoms with E-state index in [0.29, 0.717) is 26.4 Å². The van der Waals surface area contributed by atoms with E-state index in [4.69, 9.17) is 9.47 Å². The predicted octanol–water partition coefficient (Wildman–Crippen LogP) is 4.11. The Morgan fingerprint density at radius 3 is 2.38 bits per heavy atom. The van der Waals surface area contributed by atoms with Gasteiger partial charge >= 0.3 is 6.18 Å². The molecule has 3 rings (SSSR count). The maximum Gasteiger partial charge on any atom is 0.416 e. The van der Waals surface area contributed by atoms with Crippen LogP contribution in [0.4, 0.5) is 13.2 Å². The molecule has 1 aliphatic heterocycles. The van der Waals surface area contributed by atoms with Crippen molar-refractivity contribution < 1.29 is 22.6 Å². The number of alkyl halides is 3. The summed E-state index contributed by atoms with van der Waals surface area (Å²) in [7, 11) is 2.74. The molecule has 0 radical (unpaired) electrons. The summed E-state index contributed by atoms with van der Waals surface area (Å²) in [5.41, 5.74) is 0.0150. The minimum absolute atomic E-state index is 0.0356. The number of hydrogen-bond acceptors (Lipinski definition) is 5. The summed E-state index contributed by atoms with van der Waals surface area (Å²) in [6.45, 7) is 1.59. The smallest absolute Gasteiger partial charge is 0.416 e. The molecular weight excluding hydrogens is 343 g/mol. The number of benzene rings is 2. The van der Waals surface area contributed by atoms with Crippen LogP contribution >= 0.6 is 11.3 Å². The van der Waals surface area contributed by atoms with Crippen LogP contribution in [0.25, 0.3) is 20.8 Å². The molecule has 0 aromatic heterocycles. The summed E-state index contributed by atoms with van der Waals surface area (Å²) in [5, 5.41) is 0. The highest BCUT2D eigenvalue weighted by Gasteiger charge is 2.31. The highest BCUT2D eigenvalue weighted by Crippen LogP contribution is 2.43. The van der Waals surface area contributed by atoms with Crippen LogP contribution < -0.4 is 14.9 Å². The van der Waals surface area contributed by atoms with Crippen molar-refractivity contribution in [3.63, 3.8) is 0 Å². The van der Waals surface area contributed by atoms with Gasteiger partial charge in [-0.1, -0.05) is 0 Å². The Morgan fingerprint density at radius 1 is 1.12 bits per heavy atom. The lowest BCUT2D eigenvalue weighted by atomic mass is 10.1. The van der Waals surface area contributed by atoms with Crippen molar-refractivity contribution >= 4 is 21.6 Å². The molecule has 0 N–H and O–H groups in total. The van der Waals surface area contributed by atoms with Crippen LogP contribution in [-0.4, -0.2) is 19.2 Å². The number of nitrogens with zero attached hydrogens (tertiary/aromatic N) is 1. The van der Waals surface area contributed by atoms with Gasteiger partial charge in [-0.15, -0.1) is 11.3 Å². The molecule has 0 saturated carbocycles. The van der Waals surface area contributed by atoms with E-state index in [1.807, 2.05) is 0 Å². The SMILES string of the molecule is COc1c2nc3ccc(C(F)(F)F)cc3sc-2c(C)c(=O)c1OC. The highest BCUT2D eigenvalue weighted by atomic mass is 32.1. The van der Waals surface area contributed by atoms with Crippen LogP contribution in [0.5, 0.6) is 11.5 Å². The fraction of sp³-hybridized carbons (Fsp3) is 0.250. The van der Waals surface area contributed by atoms with Crippen LogP contribution in [0.3, 0.4) is 0 Å². The lowest BCUT2D eigenvalue weighted by molar-refractivity contribution is -0.137. The molecule has 0 bridgehead atoms. The van der Waals surface area contributed by atoms with Gasteiger partial charge in [0.1, 0.15) is 5.69 Å². The Balaban J connectivity index is 2.42. The van der Waals surface area contributed by atoms with Crippen molar-refractivity contribution in [1.29, 1.82) is 0 Å². The fourth-order valence-electron chi connectivity index (χ4n) is 2.46. The average molecular weight is 355 g/mol. The lowest BCUT2D eigenvalue weighted by Crippen LogP contribution is -2.13. The third-order valence-corrected chi connectivity index (χ3v) is 4.91. The van der Waals surface area contributed by atoms with E-state index in [9.17, 15) is 18.0 Å². The highest BCUT2D eigenvalue weighted by molar-refractivity contribution is 7.21. The molecule has 2 aliphatic rings. The molecule has 4 nitrogen and oxygen atoms in total. The third-order valence-electron chi connectivity index (χ3n) is 3.66. The molecule has 0 spiro atoms. The maximum atomic E-state index is 12.9. The first-order valence-electron chi connectivity index (χ1n) is 6.84. The quantitative estimate of drug-likeness (QED) is 0.649.